The zero-order chi connectivity index (χ0) is 11.0. The van der Waals surface area contributed by atoms with E-state index in [1.54, 1.807) is 11.3 Å². The number of carbonyl (C=O) groups is 1. The van der Waals surface area contributed by atoms with Gasteiger partial charge in [-0.3, -0.25) is 9.20 Å². The van der Waals surface area contributed by atoms with E-state index in [4.69, 9.17) is 0 Å². The van der Waals surface area contributed by atoms with Gasteiger partial charge in [0, 0.05) is 24.7 Å². The van der Waals surface area contributed by atoms with Crippen LogP contribution in [0.5, 0.6) is 0 Å². The number of hydrogen-bond donors (Lipinski definition) is 0. The predicted octanol–water partition coefficient (Wildman–Crippen LogP) is 1.97. The number of rotatable bonds is 2. The molecule has 0 atom stereocenters. The molecule has 0 unspecified atom stereocenters. The monoisotopic (exact) mass is 233 g/mol. The van der Waals surface area contributed by atoms with Crippen molar-refractivity contribution in [3.63, 3.8) is 0 Å². The topological polar surface area (TPSA) is 37.6 Å². The molecule has 0 N–H and O–H groups in total. The molecule has 0 saturated heterocycles. The molecule has 0 aromatic carbocycles. The summed E-state index contributed by atoms with van der Waals surface area (Å²) < 4.78 is 1.85. The van der Waals surface area contributed by atoms with Gasteiger partial charge in [-0.15, -0.1) is 11.3 Å². The summed E-state index contributed by atoms with van der Waals surface area (Å²) in [6.07, 6.45) is 8.07. The van der Waals surface area contributed by atoms with Gasteiger partial charge in [-0.1, -0.05) is 12.2 Å². The van der Waals surface area contributed by atoms with E-state index in [0.717, 1.165) is 36.6 Å². The lowest BCUT2D eigenvalue weighted by Crippen LogP contribution is -2.28. The standard InChI is InChI=1S/C11H11N3OS/c15-8-9-10(13-4-2-1-3-5-13)12-11-14(9)6-7-16-11/h1-2,6-8H,3-5H2. The largest absolute Gasteiger partial charge is 0.351 e. The van der Waals surface area contributed by atoms with E-state index in [-0.39, 0.29) is 0 Å². The van der Waals surface area contributed by atoms with Crippen LogP contribution in [-0.4, -0.2) is 28.8 Å². The molecule has 0 aliphatic carbocycles. The van der Waals surface area contributed by atoms with Crippen molar-refractivity contribution in [2.75, 3.05) is 18.0 Å². The number of anilines is 1. The van der Waals surface area contributed by atoms with E-state index in [2.05, 4.69) is 22.0 Å². The fourth-order valence-corrected chi connectivity index (χ4v) is 2.68. The summed E-state index contributed by atoms with van der Waals surface area (Å²) in [5.74, 6) is 0.811. The minimum Gasteiger partial charge on any atom is -0.351 e. The lowest BCUT2D eigenvalue weighted by molar-refractivity contribution is 0.111. The number of imidazole rings is 1. The van der Waals surface area contributed by atoms with Crippen LogP contribution in [0.4, 0.5) is 5.82 Å². The summed E-state index contributed by atoms with van der Waals surface area (Å²) in [6, 6.07) is 0. The molecule has 2 aromatic rings. The van der Waals surface area contributed by atoms with Crippen molar-refractivity contribution >= 4 is 28.4 Å². The first-order valence-corrected chi connectivity index (χ1v) is 6.09. The Bertz CT molecular complexity index is 555. The van der Waals surface area contributed by atoms with Gasteiger partial charge in [-0.25, -0.2) is 4.98 Å². The van der Waals surface area contributed by atoms with Crippen molar-refractivity contribution < 1.29 is 4.79 Å². The van der Waals surface area contributed by atoms with Crippen LogP contribution in [0.1, 0.15) is 16.9 Å². The maximum atomic E-state index is 11.1. The first-order valence-electron chi connectivity index (χ1n) is 5.21. The molecule has 4 nitrogen and oxygen atoms in total. The quantitative estimate of drug-likeness (QED) is 0.588. The minimum atomic E-state index is 0.659. The highest BCUT2D eigenvalue weighted by atomic mass is 32.1. The number of carbonyl (C=O) groups excluding carboxylic acids is 1. The summed E-state index contributed by atoms with van der Waals surface area (Å²) in [5.41, 5.74) is 0.659. The smallest absolute Gasteiger partial charge is 0.196 e. The molecule has 82 valence electrons. The summed E-state index contributed by atoms with van der Waals surface area (Å²) in [7, 11) is 0. The molecule has 0 radical (unpaired) electrons. The SMILES string of the molecule is O=Cc1c(N2CC=CCC2)nc2sccn12. The number of thiazole rings is 1. The molecular formula is C11H11N3OS. The summed E-state index contributed by atoms with van der Waals surface area (Å²) in [6.45, 7) is 1.77. The second-order valence-electron chi connectivity index (χ2n) is 3.70. The Kier molecular flexibility index (Phi) is 2.25. The molecule has 0 amide bonds. The molecule has 0 spiro atoms. The molecular weight excluding hydrogens is 222 g/mol. The van der Waals surface area contributed by atoms with Gasteiger partial charge in [-0.2, -0.15) is 0 Å². The second-order valence-corrected chi connectivity index (χ2v) is 4.57. The molecule has 1 aliphatic rings. The van der Waals surface area contributed by atoms with Gasteiger partial charge in [0.05, 0.1) is 0 Å². The zero-order valence-electron chi connectivity index (χ0n) is 8.67. The van der Waals surface area contributed by atoms with Crippen molar-refractivity contribution in [2.24, 2.45) is 0 Å². The van der Waals surface area contributed by atoms with Crippen LogP contribution in [0, 0.1) is 0 Å². The van der Waals surface area contributed by atoms with Crippen LogP contribution in [0.25, 0.3) is 4.96 Å². The van der Waals surface area contributed by atoms with Gasteiger partial charge in [0.2, 0.25) is 0 Å². The molecule has 3 rings (SSSR count). The first-order chi connectivity index (χ1) is 7.90. The van der Waals surface area contributed by atoms with Crippen molar-refractivity contribution in [2.45, 2.75) is 6.42 Å². The number of hydrogen-bond acceptors (Lipinski definition) is 4. The Hall–Kier alpha value is -1.62. The maximum Gasteiger partial charge on any atom is 0.196 e. The van der Waals surface area contributed by atoms with E-state index in [9.17, 15) is 4.79 Å². The van der Waals surface area contributed by atoms with E-state index >= 15 is 0 Å². The van der Waals surface area contributed by atoms with Gasteiger partial charge in [0.15, 0.2) is 17.1 Å². The average molecular weight is 233 g/mol. The number of fused-ring (bicyclic) bond motifs is 1. The van der Waals surface area contributed by atoms with E-state index in [1.807, 2.05) is 16.0 Å². The van der Waals surface area contributed by atoms with Gasteiger partial charge in [0.25, 0.3) is 0 Å². The predicted molar refractivity (Wildman–Crippen MR) is 64.4 cm³/mol. The van der Waals surface area contributed by atoms with E-state index < -0.39 is 0 Å². The Morgan fingerprint density at radius 3 is 3.12 bits per heavy atom. The summed E-state index contributed by atoms with van der Waals surface area (Å²) in [4.78, 5) is 18.7. The van der Waals surface area contributed by atoms with Crippen LogP contribution in [0.3, 0.4) is 0 Å². The third-order valence-corrected chi connectivity index (χ3v) is 3.51. The first kappa shape index (κ1) is 9.59. The molecule has 0 bridgehead atoms. The fourth-order valence-electron chi connectivity index (χ4n) is 1.97. The van der Waals surface area contributed by atoms with Crippen LogP contribution >= 0.6 is 11.3 Å². The third kappa shape index (κ3) is 1.36. The molecule has 2 aromatic heterocycles. The van der Waals surface area contributed by atoms with Crippen LogP contribution in [0.2, 0.25) is 0 Å². The fraction of sp³-hybridized carbons (Fsp3) is 0.273. The normalized spacial score (nSPS) is 15.9. The number of nitrogens with zero attached hydrogens (tertiary/aromatic N) is 3. The Labute approximate surface area is 96.8 Å². The number of aldehydes is 1. The molecule has 16 heavy (non-hydrogen) atoms. The minimum absolute atomic E-state index is 0.659. The van der Waals surface area contributed by atoms with Crippen molar-refractivity contribution in [3.05, 3.63) is 29.4 Å². The Morgan fingerprint density at radius 1 is 1.44 bits per heavy atom. The van der Waals surface area contributed by atoms with E-state index in [0.29, 0.717) is 5.69 Å². The molecule has 0 saturated carbocycles. The van der Waals surface area contributed by atoms with Gasteiger partial charge in [0.1, 0.15) is 5.69 Å². The summed E-state index contributed by atoms with van der Waals surface area (Å²) in [5, 5.41) is 1.94. The molecule has 5 heteroatoms. The molecule has 3 heterocycles. The second kappa shape index (κ2) is 3.75. The van der Waals surface area contributed by atoms with Crippen LogP contribution in [0.15, 0.2) is 23.7 Å². The van der Waals surface area contributed by atoms with Crippen molar-refractivity contribution in [1.82, 2.24) is 9.38 Å². The van der Waals surface area contributed by atoms with Gasteiger partial charge < -0.3 is 4.90 Å². The van der Waals surface area contributed by atoms with Gasteiger partial charge in [-0.05, 0) is 6.42 Å². The molecule has 0 fully saturated rings. The highest BCUT2D eigenvalue weighted by molar-refractivity contribution is 7.15. The third-order valence-electron chi connectivity index (χ3n) is 2.75. The maximum absolute atomic E-state index is 11.1. The van der Waals surface area contributed by atoms with Crippen molar-refractivity contribution in [3.8, 4) is 0 Å². The number of aromatic nitrogens is 2. The lowest BCUT2D eigenvalue weighted by atomic mass is 10.2. The van der Waals surface area contributed by atoms with E-state index in [1.165, 1.54) is 0 Å². The highest BCUT2D eigenvalue weighted by Crippen LogP contribution is 2.24. The Morgan fingerprint density at radius 2 is 2.38 bits per heavy atom. The van der Waals surface area contributed by atoms with Crippen LogP contribution in [-0.2, 0) is 0 Å². The van der Waals surface area contributed by atoms with Gasteiger partial charge >= 0.3 is 0 Å². The highest BCUT2D eigenvalue weighted by Gasteiger charge is 2.18. The zero-order valence-corrected chi connectivity index (χ0v) is 9.48. The molecule has 1 aliphatic heterocycles. The summed E-state index contributed by atoms with van der Waals surface area (Å²) >= 11 is 1.55. The Balaban J connectivity index is 2.11. The lowest BCUT2D eigenvalue weighted by Gasteiger charge is -2.23. The van der Waals surface area contributed by atoms with Crippen molar-refractivity contribution in [1.29, 1.82) is 0 Å². The van der Waals surface area contributed by atoms with Crippen LogP contribution < -0.4 is 4.90 Å². The average Bonchev–Trinajstić information content (AvgIpc) is 2.89.